The maximum atomic E-state index is 13.1. The minimum Gasteiger partial charge on any atom is -0.436 e. The van der Waals surface area contributed by atoms with E-state index in [1.807, 2.05) is 0 Å². The number of hydrogen-bond acceptors (Lipinski definition) is 5. The number of carbonyl (C=O) groups excluding carboxylic acids is 1. The molecule has 0 radical (unpaired) electrons. The molecule has 0 bridgehead atoms. The van der Waals surface area contributed by atoms with Crippen molar-refractivity contribution in [3.05, 3.63) is 70.8 Å². The quantitative estimate of drug-likeness (QED) is 0.208. The highest BCUT2D eigenvalue weighted by atomic mass is 19.4. The van der Waals surface area contributed by atoms with Crippen LogP contribution in [0.15, 0.2) is 64.8 Å². The summed E-state index contributed by atoms with van der Waals surface area (Å²) in [6.45, 7) is 0.327. The molecule has 0 aliphatic rings. The molecule has 1 aromatic carbocycles. The minimum atomic E-state index is -4.52. The van der Waals surface area contributed by atoms with Crippen molar-refractivity contribution in [2.24, 2.45) is 5.16 Å². The van der Waals surface area contributed by atoms with Crippen molar-refractivity contribution in [1.82, 2.24) is 4.40 Å². The fourth-order valence-corrected chi connectivity index (χ4v) is 2.85. The fraction of sp³-hybridized carbons (Fsp3) is 0.200. The van der Waals surface area contributed by atoms with Crippen molar-refractivity contribution in [1.29, 1.82) is 0 Å². The number of alkyl halides is 3. The average Bonchev–Trinajstić information content (AvgIpc) is 2.74. The van der Waals surface area contributed by atoms with Crippen LogP contribution in [0.1, 0.15) is 12.0 Å². The third-order valence-corrected chi connectivity index (χ3v) is 4.24. The smallest absolute Gasteiger partial charge is 0.436 e. The van der Waals surface area contributed by atoms with E-state index >= 15 is 0 Å². The van der Waals surface area contributed by atoms with Crippen LogP contribution in [0.2, 0.25) is 0 Å². The van der Waals surface area contributed by atoms with Crippen molar-refractivity contribution in [3.8, 4) is 11.1 Å². The SMILES string of the molecule is COC(=O)ON=CCC[n+]1cc(-c2cccc(C(F)(F)F)c2)c(=O)n2ccccc21. The molecule has 0 N–H and O–H groups in total. The van der Waals surface area contributed by atoms with E-state index in [0.717, 1.165) is 19.2 Å². The van der Waals surface area contributed by atoms with E-state index in [4.69, 9.17) is 0 Å². The van der Waals surface area contributed by atoms with Gasteiger partial charge in [-0.25, -0.2) is 14.2 Å². The third kappa shape index (κ3) is 4.65. The average molecular weight is 420 g/mol. The number of carbonyl (C=O) groups is 1. The van der Waals surface area contributed by atoms with E-state index in [-0.39, 0.29) is 11.1 Å². The molecule has 10 heteroatoms. The lowest BCUT2D eigenvalue weighted by atomic mass is 10.1. The van der Waals surface area contributed by atoms with E-state index in [0.29, 0.717) is 18.6 Å². The van der Waals surface area contributed by atoms with Crippen LogP contribution in [0.5, 0.6) is 0 Å². The van der Waals surface area contributed by atoms with Crippen LogP contribution in [0.25, 0.3) is 16.8 Å². The highest BCUT2D eigenvalue weighted by molar-refractivity contribution is 5.63. The first kappa shape index (κ1) is 21.0. The van der Waals surface area contributed by atoms with Crippen LogP contribution < -0.4 is 10.1 Å². The van der Waals surface area contributed by atoms with Crippen molar-refractivity contribution < 1.29 is 32.1 Å². The van der Waals surface area contributed by atoms with E-state index < -0.39 is 23.5 Å². The highest BCUT2D eigenvalue weighted by Gasteiger charge is 2.31. The Labute approximate surface area is 168 Å². The van der Waals surface area contributed by atoms with E-state index in [9.17, 15) is 22.8 Å². The number of ether oxygens (including phenoxy) is 1. The second kappa shape index (κ2) is 8.76. The van der Waals surface area contributed by atoms with Crippen LogP contribution in [-0.4, -0.2) is 23.9 Å². The van der Waals surface area contributed by atoms with Gasteiger partial charge in [0.15, 0.2) is 0 Å². The number of pyridine rings is 1. The first-order valence-electron chi connectivity index (χ1n) is 8.79. The molecule has 0 saturated carbocycles. The maximum Gasteiger partial charge on any atom is 0.534 e. The van der Waals surface area contributed by atoms with Gasteiger partial charge in [-0.3, -0.25) is 4.84 Å². The predicted octanol–water partition coefficient (Wildman–Crippen LogP) is 3.43. The Balaban J connectivity index is 2.00. The lowest BCUT2D eigenvalue weighted by molar-refractivity contribution is -0.672. The van der Waals surface area contributed by atoms with Gasteiger partial charge in [0, 0.05) is 18.7 Å². The Hall–Kier alpha value is -3.69. The van der Waals surface area contributed by atoms with Crippen molar-refractivity contribution >= 4 is 18.0 Å². The molecular weight excluding hydrogens is 403 g/mol. The van der Waals surface area contributed by atoms with Crippen molar-refractivity contribution in [2.75, 3.05) is 7.11 Å². The summed E-state index contributed by atoms with van der Waals surface area (Å²) in [6, 6.07) is 9.72. The zero-order chi connectivity index (χ0) is 21.7. The molecule has 156 valence electrons. The summed E-state index contributed by atoms with van der Waals surface area (Å²) in [5.74, 6) is 0. The summed E-state index contributed by atoms with van der Waals surface area (Å²) in [5.41, 5.74) is -0.461. The molecule has 0 fully saturated rings. The lowest BCUT2D eigenvalue weighted by Crippen LogP contribution is -2.40. The molecule has 0 amide bonds. The Bertz CT molecular complexity index is 1160. The molecule has 0 unspecified atom stereocenters. The monoisotopic (exact) mass is 420 g/mol. The predicted molar refractivity (Wildman–Crippen MR) is 101 cm³/mol. The van der Waals surface area contributed by atoms with Gasteiger partial charge in [0.05, 0.1) is 25.4 Å². The number of methoxy groups -OCH3 is 1. The summed E-state index contributed by atoms with van der Waals surface area (Å²) >= 11 is 0. The van der Waals surface area contributed by atoms with Gasteiger partial charge < -0.3 is 4.74 Å². The van der Waals surface area contributed by atoms with E-state index in [1.54, 1.807) is 29.0 Å². The number of hydrogen-bond donors (Lipinski definition) is 0. The largest absolute Gasteiger partial charge is 0.534 e. The van der Waals surface area contributed by atoms with Gasteiger partial charge in [0.2, 0.25) is 0 Å². The number of nitrogens with zero attached hydrogens (tertiary/aromatic N) is 3. The fourth-order valence-electron chi connectivity index (χ4n) is 2.85. The Kier molecular flexibility index (Phi) is 6.14. The van der Waals surface area contributed by atoms with Gasteiger partial charge in [-0.1, -0.05) is 23.4 Å². The van der Waals surface area contributed by atoms with Crippen LogP contribution in [-0.2, 0) is 22.3 Å². The van der Waals surface area contributed by atoms with Gasteiger partial charge in [0.1, 0.15) is 11.8 Å². The number of rotatable bonds is 5. The second-order valence-electron chi connectivity index (χ2n) is 6.17. The van der Waals surface area contributed by atoms with Crippen molar-refractivity contribution in [2.45, 2.75) is 19.1 Å². The summed E-state index contributed by atoms with van der Waals surface area (Å²) in [6.07, 6.45) is -0.760. The number of oxime groups is 1. The Morgan fingerprint density at radius 1 is 1.23 bits per heavy atom. The summed E-state index contributed by atoms with van der Waals surface area (Å²) in [4.78, 5) is 28.2. The highest BCUT2D eigenvalue weighted by Crippen LogP contribution is 2.31. The van der Waals surface area contributed by atoms with Gasteiger partial charge in [-0.15, -0.1) is 0 Å². The minimum absolute atomic E-state index is 0.118. The first-order chi connectivity index (χ1) is 14.3. The lowest BCUT2D eigenvalue weighted by Gasteiger charge is -2.09. The van der Waals surface area contributed by atoms with Crippen molar-refractivity contribution in [3.63, 3.8) is 0 Å². The number of aromatic nitrogens is 2. The second-order valence-corrected chi connectivity index (χ2v) is 6.17. The summed E-state index contributed by atoms with van der Waals surface area (Å²) < 4.78 is 46.6. The molecule has 30 heavy (non-hydrogen) atoms. The molecule has 0 atom stereocenters. The first-order valence-corrected chi connectivity index (χ1v) is 8.79. The van der Waals surface area contributed by atoms with Gasteiger partial charge in [-0.2, -0.15) is 17.6 Å². The van der Waals surface area contributed by atoms with E-state index in [1.165, 1.54) is 28.9 Å². The van der Waals surface area contributed by atoms with Crippen LogP contribution in [0, 0.1) is 0 Å². The topological polar surface area (TPSA) is 73.2 Å². The molecule has 2 aromatic heterocycles. The number of benzene rings is 1. The third-order valence-electron chi connectivity index (χ3n) is 4.24. The van der Waals surface area contributed by atoms with Gasteiger partial charge in [0.25, 0.3) is 5.65 Å². The molecule has 0 spiro atoms. The summed E-state index contributed by atoms with van der Waals surface area (Å²) in [7, 11) is 1.15. The molecule has 2 heterocycles. The van der Waals surface area contributed by atoms with Gasteiger partial charge >= 0.3 is 17.9 Å². The van der Waals surface area contributed by atoms with Crippen LogP contribution in [0.3, 0.4) is 0 Å². The van der Waals surface area contributed by atoms with Crippen LogP contribution >= 0.6 is 0 Å². The zero-order valence-corrected chi connectivity index (χ0v) is 15.8. The Morgan fingerprint density at radius 3 is 2.77 bits per heavy atom. The molecule has 7 nitrogen and oxygen atoms in total. The van der Waals surface area contributed by atoms with Gasteiger partial charge in [-0.05, 0) is 23.8 Å². The zero-order valence-electron chi connectivity index (χ0n) is 15.8. The number of halogens is 3. The van der Waals surface area contributed by atoms with Crippen LogP contribution in [0.4, 0.5) is 18.0 Å². The molecule has 3 rings (SSSR count). The standard InChI is InChI=1S/C20H17F3N3O4/c1-29-19(28)30-24-9-5-10-25-13-16(18(27)26-11-3-2-8-17(25)26)14-6-4-7-15(12-14)20(21,22)23/h2-4,6-9,11-13H,5,10H2,1H3/q+1. The normalized spacial score (nSPS) is 11.7. The number of aryl methyl sites for hydroxylation is 1. The molecule has 0 aliphatic heterocycles. The Morgan fingerprint density at radius 2 is 2.03 bits per heavy atom. The van der Waals surface area contributed by atoms with E-state index in [2.05, 4.69) is 14.7 Å². The number of fused-ring (bicyclic) bond motifs is 1. The maximum absolute atomic E-state index is 13.1. The molecule has 3 aromatic rings. The summed E-state index contributed by atoms with van der Waals surface area (Å²) in [5, 5.41) is 3.47. The molecule has 0 aliphatic carbocycles. The molecule has 0 saturated heterocycles. The molecular formula is C20H17F3N3O4+.